The number of anilines is 1. The molecule has 0 unspecified atom stereocenters. The highest BCUT2D eigenvalue weighted by Gasteiger charge is 2.41. The molecule has 0 amide bonds. The Morgan fingerprint density at radius 1 is 1.28 bits per heavy atom. The van der Waals surface area contributed by atoms with Gasteiger partial charge in [-0.15, -0.1) is 0 Å². The van der Waals surface area contributed by atoms with Crippen LogP contribution < -0.4 is 4.90 Å². The SMILES string of the molecule is Fc1cc(Br)cnc1N1CCC(C(F)(F)F)CC1. The predicted octanol–water partition coefficient (Wildman–Crippen LogP) is 3.76. The Bertz CT molecular complexity index is 428. The van der Waals surface area contributed by atoms with Gasteiger partial charge in [-0.1, -0.05) is 0 Å². The van der Waals surface area contributed by atoms with Crippen molar-refractivity contribution < 1.29 is 17.6 Å². The topological polar surface area (TPSA) is 16.1 Å². The lowest BCUT2D eigenvalue weighted by atomic mass is 9.96. The van der Waals surface area contributed by atoms with Crippen LogP contribution in [0.3, 0.4) is 0 Å². The van der Waals surface area contributed by atoms with Crippen LogP contribution in [0.25, 0.3) is 0 Å². The maximum atomic E-state index is 13.6. The summed E-state index contributed by atoms with van der Waals surface area (Å²) in [5.74, 6) is -1.68. The van der Waals surface area contributed by atoms with E-state index < -0.39 is 17.9 Å². The molecule has 2 nitrogen and oxygen atoms in total. The Morgan fingerprint density at radius 2 is 1.89 bits per heavy atom. The zero-order valence-corrected chi connectivity index (χ0v) is 10.9. The van der Waals surface area contributed by atoms with Crippen molar-refractivity contribution in [1.82, 2.24) is 4.98 Å². The van der Waals surface area contributed by atoms with Gasteiger partial charge in [0.05, 0.1) is 5.92 Å². The number of piperidine rings is 1. The summed E-state index contributed by atoms with van der Waals surface area (Å²) in [4.78, 5) is 5.47. The average molecular weight is 327 g/mol. The Labute approximate surface area is 110 Å². The quantitative estimate of drug-likeness (QED) is 0.730. The van der Waals surface area contributed by atoms with Crippen molar-refractivity contribution in [3.05, 3.63) is 22.6 Å². The summed E-state index contributed by atoms with van der Waals surface area (Å²) in [6, 6.07) is 1.26. The molecule has 7 heteroatoms. The lowest BCUT2D eigenvalue weighted by molar-refractivity contribution is -0.179. The highest BCUT2D eigenvalue weighted by molar-refractivity contribution is 9.10. The fraction of sp³-hybridized carbons (Fsp3) is 0.545. The van der Waals surface area contributed by atoms with Gasteiger partial charge >= 0.3 is 6.18 Å². The molecule has 0 N–H and O–H groups in total. The first-order chi connectivity index (χ1) is 8.38. The van der Waals surface area contributed by atoms with Crippen LogP contribution in [-0.2, 0) is 0 Å². The monoisotopic (exact) mass is 326 g/mol. The number of hydrogen-bond donors (Lipinski definition) is 0. The molecule has 0 saturated carbocycles. The van der Waals surface area contributed by atoms with Gasteiger partial charge in [0, 0.05) is 23.8 Å². The normalized spacial score (nSPS) is 18.2. The van der Waals surface area contributed by atoms with Crippen LogP contribution in [-0.4, -0.2) is 24.2 Å². The lowest BCUT2D eigenvalue weighted by Gasteiger charge is -2.33. The number of halogens is 5. The molecule has 1 aromatic heterocycles. The number of rotatable bonds is 1. The molecule has 0 aromatic carbocycles. The second kappa shape index (κ2) is 5.03. The van der Waals surface area contributed by atoms with Crippen molar-refractivity contribution in [2.24, 2.45) is 5.92 Å². The van der Waals surface area contributed by atoms with E-state index in [0.29, 0.717) is 4.47 Å². The van der Waals surface area contributed by atoms with Gasteiger partial charge in [0.1, 0.15) is 0 Å². The van der Waals surface area contributed by atoms with Crippen LogP contribution in [0.4, 0.5) is 23.4 Å². The van der Waals surface area contributed by atoms with Gasteiger partial charge in [0.15, 0.2) is 11.6 Å². The minimum absolute atomic E-state index is 0.0132. The fourth-order valence-electron chi connectivity index (χ4n) is 2.06. The second-order valence-corrected chi connectivity index (χ2v) is 5.18. The highest BCUT2D eigenvalue weighted by Crippen LogP contribution is 2.35. The van der Waals surface area contributed by atoms with E-state index >= 15 is 0 Å². The fourth-order valence-corrected chi connectivity index (χ4v) is 2.36. The highest BCUT2D eigenvalue weighted by atomic mass is 79.9. The molecule has 1 fully saturated rings. The van der Waals surface area contributed by atoms with Crippen LogP contribution >= 0.6 is 15.9 Å². The Hall–Kier alpha value is -0.850. The number of pyridine rings is 1. The lowest BCUT2D eigenvalue weighted by Crippen LogP contribution is -2.39. The average Bonchev–Trinajstić information content (AvgIpc) is 2.28. The van der Waals surface area contributed by atoms with Gasteiger partial charge in [0.25, 0.3) is 0 Å². The van der Waals surface area contributed by atoms with Crippen LogP contribution in [0.15, 0.2) is 16.7 Å². The molecule has 0 atom stereocenters. The third-order valence-corrected chi connectivity index (χ3v) is 3.48. The van der Waals surface area contributed by atoms with Crippen molar-refractivity contribution in [2.75, 3.05) is 18.0 Å². The minimum Gasteiger partial charge on any atom is -0.354 e. The molecule has 1 aromatic rings. The van der Waals surface area contributed by atoms with Gasteiger partial charge in [-0.3, -0.25) is 0 Å². The summed E-state index contributed by atoms with van der Waals surface area (Å²) in [5.41, 5.74) is 0. The summed E-state index contributed by atoms with van der Waals surface area (Å²) in [5, 5.41) is 0. The zero-order chi connectivity index (χ0) is 13.3. The van der Waals surface area contributed by atoms with Crippen LogP contribution in [0.1, 0.15) is 12.8 Å². The molecule has 0 bridgehead atoms. The largest absolute Gasteiger partial charge is 0.391 e. The zero-order valence-electron chi connectivity index (χ0n) is 9.34. The minimum atomic E-state index is -4.15. The van der Waals surface area contributed by atoms with E-state index in [0.717, 1.165) is 0 Å². The van der Waals surface area contributed by atoms with E-state index in [1.54, 1.807) is 4.90 Å². The number of aromatic nitrogens is 1. The first-order valence-corrected chi connectivity index (χ1v) is 6.30. The summed E-state index contributed by atoms with van der Waals surface area (Å²) in [6.07, 6.45) is -2.74. The molecule has 1 aliphatic heterocycles. The Balaban J connectivity index is 2.06. The van der Waals surface area contributed by atoms with E-state index in [1.807, 2.05) is 0 Å². The molecule has 2 heterocycles. The number of nitrogens with zero attached hydrogens (tertiary/aromatic N) is 2. The molecule has 1 aliphatic rings. The summed E-state index contributed by atoms with van der Waals surface area (Å²) < 4.78 is 51.6. The van der Waals surface area contributed by atoms with E-state index in [2.05, 4.69) is 20.9 Å². The van der Waals surface area contributed by atoms with Crippen molar-refractivity contribution in [2.45, 2.75) is 19.0 Å². The Morgan fingerprint density at radius 3 is 2.39 bits per heavy atom. The first-order valence-electron chi connectivity index (χ1n) is 5.50. The van der Waals surface area contributed by atoms with E-state index in [4.69, 9.17) is 0 Å². The van der Waals surface area contributed by atoms with Crippen LogP contribution in [0.2, 0.25) is 0 Å². The third-order valence-electron chi connectivity index (χ3n) is 3.05. The first kappa shape index (κ1) is 13.6. The summed E-state index contributed by atoms with van der Waals surface area (Å²) in [7, 11) is 0. The van der Waals surface area contributed by atoms with Gasteiger partial charge in [-0.2, -0.15) is 13.2 Å². The van der Waals surface area contributed by atoms with E-state index in [-0.39, 0.29) is 31.7 Å². The molecule has 0 radical (unpaired) electrons. The maximum absolute atomic E-state index is 13.6. The van der Waals surface area contributed by atoms with Gasteiger partial charge in [0.2, 0.25) is 0 Å². The van der Waals surface area contributed by atoms with E-state index in [9.17, 15) is 17.6 Å². The molecule has 0 spiro atoms. The van der Waals surface area contributed by atoms with Crippen molar-refractivity contribution in [1.29, 1.82) is 0 Å². The van der Waals surface area contributed by atoms with Crippen LogP contribution in [0.5, 0.6) is 0 Å². The predicted molar refractivity (Wildman–Crippen MR) is 62.9 cm³/mol. The van der Waals surface area contributed by atoms with Crippen molar-refractivity contribution in [3.8, 4) is 0 Å². The molecular weight excluding hydrogens is 316 g/mol. The number of hydrogen-bond acceptors (Lipinski definition) is 2. The van der Waals surface area contributed by atoms with Gasteiger partial charge in [-0.25, -0.2) is 9.37 Å². The van der Waals surface area contributed by atoms with Crippen LogP contribution in [0, 0.1) is 11.7 Å². The smallest absolute Gasteiger partial charge is 0.354 e. The van der Waals surface area contributed by atoms with E-state index in [1.165, 1.54) is 12.3 Å². The summed E-state index contributed by atoms with van der Waals surface area (Å²) >= 11 is 3.09. The number of alkyl halides is 3. The molecule has 0 aliphatic carbocycles. The Kier molecular flexibility index (Phi) is 3.79. The molecule has 100 valence electrons. The van der Waals surface area contributed by atoms with Gasteiger partial charge in [-0.05, 0) is 34.8 Å². The maximum Gasteiger partial charge on any atom is 0.391 e. The van der Waals surface area contributed by atoms with Gasteiger partial charge < -0.3 is 4.90 Å². The molecule has 18 heavy (non-hydrogen) atoms. The van der Waals surface area contributed by atoms with Crippen molar-refractivity contribution in [3.63, 3.8) is 0 Å². The second-order valence-electron chi connectivity index (χ2n) is 4.26. The summed E-state index contributed by atoms with van der Waals surface area (Å²) in [6.45, 7) is 0.353. The van der Waals surface area contributed by atoms with Crippen molar-refractivity contribution >= 4 is 21.7 Å². The molecule has 1 saturated heterocycles. The third kappa shape index (κ3) is 2.93. The standard InChI is InChI=1S/C11H11BrF4N2/c12-8-5-9(13)10(17-6-8)18-3-1-7(2-4-18)11(14,15)16/h5-7H,1-4H2. The molecule has 2 rings (SSSR count). The molecular formula is C11H11BrF4N2.